The number of halogens is 2. The van der Waals surface area contributed by atoms with Gasteiger partial charge in [0.2, 0.25) is 0 Å². The Bertz CT molecular complexity index is 538. The minimum atomic E-state index is -2.19. The average Bonchev–Trinajstić information content (AvgIpc) is 2.36. The molecule has 19 heavy (non-hydrogen) atoms. The van der Waals surface area contributed by atoms with Gasteiger partial charge in [0.15, 0.2) is 0 Å². The van der Waals surface area contributed by atoms with Crippen molar-refractivity contribution >= 4 is 12.6 Å². The molecule has 2 aromatic carbocycles. The van der Waals surface area contributed by atoms with Crippen LogP contribution in [0.1, 0.15) is 5.56 Å². The van der Waals surface area contributed by atoms with Gasteiger partial charge in [-0.3, -0.25) is 0 Å². The Hall–Kier alpha value is -1.92. The van der Waals surface area contributed by atoms with Gasteiger partial charge in [-0.25, -0.2) is 8.78 Å². The van der Waals surface area contributed by atoms with Crippen LogP contribution >= 0.6 is 0 Å². The molecule has 98 valence electrons. The Morgan fingerprint density at radius 1 is 1.00 bits per heavy atom. The minimum absolute atomic E-state index is 0.0109. The Morgan fingerprint density at radius 2 is 1.58 bits per heavy atom. The van der Waals surface area contributed by atoms with Gasteiger partial charge in [0.05, 0.1) is 5.46 Å². The van der Waals surface area contributed by atoms with Crippen molar-refractivity contribution in [2.24, 2.45) is 0 Å². The Labute approximate surface area is 109 Å². The molecule has 2 aromatic rings. The van der Waals surface area contributed by atoms with Crippen LogP contribution < -0.4 is 10.2 Å². The molecule has 0 amide bonds. The summed E-state index contributed by atoms with van der Waals surface area (Å²) in [4.78, 5) is 0. The van der Waals surface area contributed by atoms with Crippen LogP contribution in [-0.2, 0) is 6.61 Å². The third kappa shape index (κ3) is 3.30. The van der Waals surface area contributed by atoms with Gasteiger partial charge >= 0.3 is 7.12 Å². The van der Waals surface area contributed by atoms with Gasteiger partial charge in [0.1, 0.15) is 24.0 Å². The average molecular weight is 264 g/mol. The Balaban J connectivity index is 2.14. The summed E-state index contributed by atoms with van der Waals surface area (Å²) in [6.45, 7) is 0.167. The highest BCUT2D eigenvalue weighted by atomic mass is 19.1. The summed E-state index contributed by atoms with van der Waals surface area (Å²) in [5.74, 6) is -2.13. The minimum Gasteiger partial charge on any atom is -0.489 e. The molecule has 3 nitrogen and oxygen atoms in total. The van der Waals surface area contributed by atoms with Gasteiger partial charge in [-0.15, -0.1) is 0 Å². The van der Waals surface area contributed by atoms with Crippen LogP contribution in [0, 0.1) is 11.6 Å². The lowest BCUT2D eigenvalue weighted by Crippen LogP contribution is -2.35. The summed E-state index contributed by atoms with van der Waals surface area (Å²) in [7, 11) is -2.19. The molecule has 0 atom stereocenters. The van der Waals surface area contributed by atoms with Crippen molar-refractivity contribution in [3.63, 3.8) is 0 Å². The maximum Gasteiger partial charge on any atom is 0.494 e. The lowest BCUT2D eigenvalue weighted by Gasteiger charge is -2.09. The predicted octanol–water partition coefficient (Wildman–Crippen LogP) is 1.22. The normalized spacial score (nSPS) is 10.3. The lowest BCUT2D eigenvalue weighted by molar-refractivity contribution is 0.303. The fourth-order valence-electron chi connectivity index (χ4n) is 1.63. The molecule has 0 aliphatic carbocycles. The van der Waals surface area contributed by atoms with Crippen molar-refractivity contribution < 1.29 is 23.6 Å². The molecule has 6 heteroatoms. The first-order valence-corrected chi connectivity index (χ1v) is 5.59. The molecule has 0 unspecified atom stereocenters. The lowest BCUT2D eigenvalue weighted by atomic mass is 9.79. The van der Waals surface area contributed by atoms with Gasteiger partial charge < -0.3 is 14.8 Å². The highest BCUT2D eigenvalue weighted by Crippen LogP contribution is 2.16. The number of benzene rings is 2. The van der Waals surface area contributed by atoms with E-state index in [1.54, 1.807) is 0 Å². The van der Waals surface area contributed by atoms with Crippen molar-refractivity contribution in [1.29, 1.82) is 0 Å². The van der Waals surface area contributed by atoms with E-state index in [4.69, 9.17) is 14.8 Å². The first-order valence-electron chi connectivity index (χ1n) is 5.59. The number of ether oxygens (including phenoxy) is 1. The molecular weight excluding hydrogens is 253 g/mol. The first-order chi connectivity index (χ1) is 9.08. The second kappa shape index (κ2) is 5.82. The highest BCUT2D eigenvalue weighted by Gasteiger charge is 2.22. The van der Waals surface area contributed by atoms with Crippen LogP contribution in [0.15, 0.2) is 42.5 Å². The monoisotopic (exact) mass is 264 g/mol. The van der Waals surface area contributed by atoms with Gasteiger partial charge in [0.25, 0.3) is 0 Å². The van der Waals surface area contributed by atoms with E-state index in [2.05, 4.69) is 0 Å². The van der Waals surface area contributed by atoms with Crippen LogP contribution in [0.4, 0.5) is 8.78 Å². The topological polar surface area (TPSA) is 49.7 Å². The molecule has 0 heterocycles. The van der Waals surface area contributed by atoms with Crippen LogP contribution in [0.5, 0.6) is 5.75 Å². The largest absolute Gasteiger partial charge is 0.494 e. The first kappa shape index (κ1) is 13.5. The zero-order chi connectivity index (χ0) is 13.8. The van der Waals surface area contributed by atoms with Gasteiger partial charge in [-0.2, -0.15) is 0 Å². The zero-order valence-electron chi connectivity index (χ0n) is 9.88. The Kier molecular flexibility index (Phi) is 4.14. The second-order valence-corrected chi connectivity index (χ2v) is 3.95. The summed E-state index contributed by atoms with van der Waals surface area (Å²) in [5, 5.41) is 17.6. The van der Waals surface area contributed by atoms with E-state index in [1.807, 2.05) is 30.3 Å². The van der Waals surface area contributed by atoms with Crippen molar-refractivity contribution in [3.05, 3.63) is 59.7 Å². The molecule has 2 N–H and O–H groups in total. The fourth-order valence-corrected chi connectivity index (χ4v) is 1.63. The summed E-state index contributed by atoms with van der Waals surface area (Å²) in [6.07, 6.45) is 0. The SMILES string of the molecule is OB(O)c1c(F)cc(OCc2ccccc2)cc1F. The van der Waals surface area contributed by atoms with Crippen molar-refractivity contribution in [2.75, 3.05) is 0 Å². The summed E-state index contributed by atoms with van der Waals surface area (Å²) in [5.41, 5.74) is 0.0710. The van der Waals surface area contributed by atoms with Gasteiger partial charge in [-0.1, -0.05) is 30.3 Å². The van der Waals surface area contributed by atoms with Crippen molar-refractivity contribution in [1.82, 2.24) is 0 Å². The third-order valence-corrected chi connectivity index (χ3v) is 2.56. The fraction of sp³-hybridized carbons (Fsp3) is 0.0769. The molecule has 0 spiro atoms. The van der Waals surface area contributed by atoms with E-state index in [1.165, 1.54) is 0 Å². The molecule has 0 saturated carbocycles. The summed E-state index contributed by atoms with van der Waals surface area (Å²) < 4.78 is 32.1. The van der Waals surface area contributed by atoms with Gasteiger partial charge in [0, 0.05) is 12.1 Å². The van der Waals surface area contributed by atoms with Gasteiger partial charge in [-0.05, 0) is 5.56 Å². The molecule has 0 radical (unpaired) electrons. The predicted molar refractivity (Wildman–Crippen MR) is 67.0 cm³/mol. The summed E-state index contributed by atoms with van der Waals surface area (Å²) >= 11 is 0. The third-order valence-electron chi connectivity index (χ3n) is 2.56. The molecule has 2 rings (SSSR count). The number of hydrogen-bond donors (Lipinski definition) is 2. The van der Waals surface area contributed by atoms with E-state index in [-0.39, 0.29) is 12.4 Å². The van der Waals surface area contributed by atoms with Crippen molar-refractivity contribution in [2.45, 2.75) is 6.61 Å². The van der Waals surface area contributed by atoms with Crippen molar-refractivity contribution in [3.8, 4) is 5.75 Å². The Morgan fingerprint density at radius 3 is 2.11 bits per heavy atom. The maximum absolute atomic E-state index is 13.4. The van der Waals surface area contributed by atoms with Crippen LogP contribution in [-0.4, -0.2) is 17.2 Å². The standard InChI is InChI=1S/C13H11BF2O3/c15-11-6-10(7-12(16)13(11)14(17)18)19-8-9-4-2-1-3-5-9/h1-7,17-18H,8H2. The molecule has 0 fully saturated rings. The maximum atomic E-state index is 13.4. The molecule has 0 aliphatic heterocycles. The van der Waals surface area contributed by atoms with E-state index in [9.17, 15) is 8.78 Å². The second-order valence-electron chi connectivity index (χ2n) is 3.95. The number of rotatable bonds is 4. The molecule has 0 bridgehead atoms. The smallest absolute Gasteiger partial charge is 0.489 e. The molecule has 0 aromatic heterocycles. The molecule has 0 saturated heterocycles. The van der Waals surface area contributed by atoms with Crippen LogP contribution in [0.25, 0.3) is 0 Å². The highest BCUT2D eigenvalue weighted by molar-refractivity contribution is 6.58. The summed E-state index contributed by atoms with van der Waals surface area (Å²) in [6, 6.07) is 11.0. The molecule has 0 aliphatic rings. The quantitative estimate of drug-likeness (QED) is 0.816. The molecular formula is C13H11BF2O3. The number of hydrogen-bond acceptors (Lipinski definition) is 3. The zero-order valence-corrected chi connectivity index (χ0v) is 9.88. The van der Waals surface area contributed by atoms with Crippen LogP contribution in [0.3, 0.4) is 0 Å². The van der Waals surface area contributed by atoms with E-state index in [0.29, 0.717) is 0 Å². The van der Waals surface area contributed by atoms with E-state index < -0.39 is 24.2 Å². The van der Waals surface area contributed by atoms with E-state index in [0.717, 1.165) is 17.7 Å². The van der Waals surface area contributed by atoms with Crippen LogP contribution in [0.2, 0.25) is 0 Å². The van der Waals surface area contributed by atoms with E-state index >= 15 is 0 Å².